The summed E-state index contributed by atoms with van der Waals surface area (Å²) in [7, 11) is -3.73. The number of aryl methyl sites for hydroxylation is 2. The molecule has 1 aliphatic rings. The fraction of sp³-hybridized carbons (Fsp3) is 0.250. The molecule has 0 spiro atoms. The number of amides is 2. The van der Waals surface area contributed by atoms with Crippen molar-refractivity contribution in [3.05, 3.63) is 75.7 Å². The number of rotatable bonds is 6. The molecule has 33 heavy (non-hydrogen) atoms. The molecule has 1 aromatic heterocycles. The van der Waals surface area contributed by atoms with Crippen LogP contribution in [0.2, 0.25) is 0 Å². The van der Waals surface area contributed by atoms with E-state index >= 15 is 0 Å². The molecule has 0 saturated heterocycles. The van der Waals surface area contributed by atoms with Crippen molar-refractivity contribution in [2.24, 2.45) is 5.73 Å². The summed E-state index contributed by atoms with van der Waals surface area (Å²) in [5, 5.41) is 3.30. The molecule has 0 atom stereocenters. The van der Waals surface area contributed by atoms with Crippen LogP contribution in [0.5, 0.6) is 0 Å². The van der Waals surface area contributed by atoms with Gasteiger partial charge in [0.25, 0.3) is 21.8 Å². The van der Waals surface area contributed by atoms with Crippen molar-refractivity contribution < 1.29 is 18.0 Å². The van der Waals surface area contributed by atoms with E-state index in [0.29, 0.717) is 21.8 Å². The molecular weight excluding hydrogens is 458 g/mol. The van der Waals surface area contributed by atoms with Crippen molar-refractivity contribution in [2.45, 2.75) is 43.9 Å². The van der Waals surface area contributed by atoms with Crippen LogP contribution in [0, 0.1) is 6.92 Å². The highest BCUT2D eigenvalue weighted by molar-refractivity contribution is 7.92. The Bertz CT molecular complexity index is 1290. The van der Waals surface area contributed by atoms with Gasteiger partial charge in [0.2, 0.25) is 0 Å². The summed E-state index contributed by atoms with van der Waals surface area (Å²) in [6.45, 7) is 1.88. The van der Waals surface area contributed by atoms with Gasteiger partial charge in [-0.15, -0.1) is 11.3 Å². The van der Waals surface area contributed by atoms with Crippen LogP contribution in [-0.4, -0.2) is 20.2 Å². The normalized spacial score (nSPS) is 13.6. The van der Waals surface area contributed by atoms with Crippen molar-refractivity contribution >= 4 is 43.9 Å². The van der Waals surface area contributed by atoms with E-state index in [4.69, 9.17) is 5.73 Å². The Kier molecular flexibility index (Phi) is 6.53. The van der Waals surface area contributed by atoms with Crippen molar-refractivity contribution in [3.63, 3.8) is 0 Å². The van der Waals surface area contributed by atoms with Gasteiger partial charge in [-0.1, -0.05) is 24.1 Å². The first kappa shape index (κ1) is 23.0. The topological polar surface area (TPSA) is 118 Å². The molecule has 1 heterocycles. The highest BCUT2D eigenvalue weighted by Crippen LogP contribution is 2.37. The molecule has 4 rings (SSSR count). The maximum Gasteiger partial charge on any atom is 0.261 e. The Morgan fingerprint density at radius 2 is 1.61 bits per heavy atom. The van der Waals surface area contributed by atoms with Gasteiger partial charge in [-0.2, -0.15) is 0 Å². The van der Waals surface area contributed by atoms with Crippen molar-refractivity contribution in [1.29, 1.82) is 0 Å². The van der Waals surface area contributed by atoms with Gasteiger partial charge in [0.05, 0.1) is 10.5 Å². The molecule has 0 aliphatic heterocycles. The van der Waals surface area contributed by atoms with Crippen LogP contribution < -0.4 is 15.8 Å². The average Bonchev–Trinajstić information content (AvgIpc) is 2.95. The second kappa shape index (κ2) is 9.36. The smallest absolute Gasteiger partial charge is 0.261 e. The quantitative estimate of drug-likeness (QED) is 0.448. The molecule has 2 amide bonds. The van der Waals surface area contributed by atoms with Crippen LogP contribution in [0.1, 0.15) is 56.0 Å². The molecule has 0 bridgehead atoms. The number of nitrogens with one attached hydrogen (secondary N) is 2. The lowest BCUT2D eigenvalue weighted by Crippen LogP contribution is -2.18. The number of nitrogens with two attached hydrogens (primary N) is 1. The van der Waals surface area contributed by atoms with Crippen molar-refractivity contribution in [3.8, 4) is 0 Å². The van der Waals surface area contributed by atoms with Gasteiger partial charge in [-0.25, -0.2) is 8.42 Å². The number of fused-ring (bicyclic) bond motifs is 1. The van der Waals surface area contributed by atoms with Gasteiger partial charge in [0.15, 0.2) is 0 Å². The molecular formula is C24H25N3O4S2. The summed E-state index contributed by atoms with van der Waals surface area (Å²) in [6.07, 6.45) is 4.83. The average molecular weight is 484 g/mol. The van der Waals surface area contributed by atoms with E-state index in [0.717, 1.165) is 48.1 Å². The van der Waals surface area contributed by atoms with Crippen molar-refractivity contribution in [1.82, 2.24) is 0 Å². The van der Waals surface area contributed by atoms with Gasteiger partial charge in [0.1, 0.15) is 5.00 Å². The van der Waals surface area contributed by atoms with E-state index < -0.39 is 15.9 Å². The molecule has 0 fully saturated rings. The van der Waals surface area contributed by atoms with Crippen LogP contribution in [-0.2, 0) is 22.9 Å². The molecule has 9 heteroatoms. The van der Waals surface area contributed by atoms with E-state index in [-0.39, 0.29) is 10.8 Å². The van der Waals surface area contributed by atoms with Gasteiger partial charge < -0.3 is 11.1 Å². The maximum absolute atomic E-state index is 12.8. The molecule has 0 unspecified atom stereocenters. The fourth-order valence-corrected chi connectivity index (χ4v) is 6.24. The highest BCUT2D eigenvalue weighted by Gasteiger charge is 2.24. The Balaban J connectivity index is 1.50. The van der Waals surface area contributed by atoms with Crippen LogP contribution in [0.25, 0.3) is 0 Å². The molecule has 4 N–H and O–H groups in total. The van der Waals surface area contributed by atoms with E-state index in [2.05, 4.69) is 10.0 Å². The lowest BCUT2D eigenvalue weighted by molar-refractivity contribution is 0.100. The molecule has 0 saturated carbocycles. The predicted molar refractivity (Wildman–Crippen MR) is 130 cm³/mol. The number of carbonyl (C=O) groups is 2. The minimum atomic E-state index is -3.73. The molecule has 3 aromatic rings. The third-order valence-corrected chi connectivity index (χ3v) is 8.23. The van der Waals surface area contributed by atoms with Crippen LogP contribution in [0.4, 0.5) is 10.7 Å². The monoisotopic (exact) mass is 483 g/mol. The molecule has 172 valence electrons. The first-order valence-corrected chi connectivity index (χ1v) is 13.0. The Labute approximate surface area is 197 Å². The van der Waals surface area contributed by atoms with Gasteiger partial charge in [-0.3, -0.25) is 14.3 Å². The summed E-state index contributed by atoms with van der Waals surface area (Å²) < 4.78 is 27.6. The summed E-state index contributed by atoms with van der Waals surface area (Å²) >= 11 is 1.41. The van der Waals surface area contributed by atoms with Gasteiger partial charge >= 0.3 is 0 Å². The van der Waals surface area contributed by atoms with Crippen LogP contribution >= 0.6 is 11.3 Å². The number of thiophene rings is 1. The largest absolute Gasteiger partial charge is 0.365 e. The first-order chi connectivity index (χ1) is 15.7. The SMILES string of the molecule is Cc1ccc(S(=O)(=O)Nc2ccc(C(=O)Nc3sc4c(c3C(N)=O)CCCCC4)cc2)cc1. The number of sulfonamides is 1. The van der Waals surface area contributed by atoms with E-state index in [9.17, 15) is 18.0 Å². The van der Waals surface area contributed by atoms with E-state index in [1.54, 1.807) is 24.3 Å². The first-order valence-electron chi connectivity index (χ1n) is 10.7. The Morgan fingerprint density at radius 1 is 0.939 bits per heavy atom. The Hall–Kier alpha value is -3.17. The third-order valence-electron chi connectivity index (χ3n) is 5.63. The molecule has 7 nitrogen and oxygen atoms in total. The van der Waals surface area contributed by atoms with Crippen LogP contribution in [0.3, 0.4) is 0 Å². The molecule has 2 aromatic carbocycles. The van der Waals surface area contributed by atoms with Gasteiger partial charge in [0, 0.05) is 16.1 Å². The summed E-state index contributed by atoms with van der Waals surface area (Å²) in [5.74, 6) is -0.924. The zero-order valence-corrected chi connectivity index (χ0v) is 19.8. The number of hydrogen-bond acceptors (Lipinski definition) is 5. The standard InChI is InChI=1S/C24H25N3O4S2/c1-15-7-13-18(14-8-15)33(30,31)27-17-11-9-16(10-12-17)23(29)26-24-21(22(25)28)19-5-3-2-4-6-20(19)32-24/h7-14,27H,2-6H2,1H3,(H2,25,28)(H,26,29). The number of benzene rings is 2. The van der Waals surface area contributed by atoms with Gasteiger partial charge in [-0.05, 0) is 74.6 Å². The minimum absolute atomic E-state index is 0.159. The maximum atomic E-state index is 12.8. The predicted octanol–water partition coefficient (Wildman–Crippen LogP) is 4.48. The van der Waals surface area contributed by atoms with Crippen LogP contribution in [0.15, 0.2) is 53.4 Å². The second-order valence-electron chi connectivity index (χ2n) is 8.08. The lowest BCUT2D eigenvalue weighted by Gasteiger charge is -2.10. The fourth-order valence-electron chi connectivity index (χ4n) is 3.89. The third kappa shape index (κ3) is 5.09. The summed E-state index contributed by atoms with van der Waals surface area (Å²) in [5.41, 5.74) is 8.65. The number of anilines is 2. The second-order valence-corrected chi connectivity index (χ2v) is 10.9. The van der Waals surface area contributed by atoms with Crippen molar-refractivity contribution in [2.75, 3.05) is 10.0 Å². The van der Waals surface area contributed by atoms with E-state index in [1.165, 1.54) is 35.6 Å². The Morgan fingerprint density at radius 3 is 2.27 bits per heavy atom. The minimum Gasteiger partial charge on any atom is -0.365 e. The zero-order valence-electron chi connectivity index (χ0n) is 18.2. The number of carbonyl (C=O) groups excluding carboxylic acids is 2. The highest BCUT2D eigenvalue weighted by atomic mass is 32.2. The summed E-state index contributed by atoms with van der Waals surface area (Å²) in [6, 6.07) is 12.7. The number of primary amides is 1. The lowest BCUT2D eigenvalue weighted by atomic mass is 10.1. The molecule has 0 radical (unpaired) electrons. The zero-order chi connectivity index (χ0) is 23.6. The van der Waals surface area contributed by atoms with E-state index in [1.807, 2.05) is 6.92 Å². The number of hydrogen-bond donors (Lipinski definition) is 3. The summed E-state index contributed by atoms with van der Waals surface area (Å²) in [4.78, 5) is 26.2. The molecule has 1 aliphatic carbocycles.